The van der Waals surface area contributed by atoms with Crippen LogP contribution in [0.15, 0.2) is 28.0 Å². The van der Waals surface area contributed by atoms with E-state index in [2.05, 4.69) is 13.9 Å². The minimum absolute atomic E-state index is 0.0812. The zero-order valence-corrected chi connectivity index (χ0v) is 13.5. The van der Waals surface area contributed by atoms with E-state index in [1.807, 2.05) is 0 Å². The van der Waals surface area contributed by atoms with Gasteiger partial charge >= 0.3 is 126 Å². The third-order valence-electron chi connectivity index (χ3n) is 2.39. The van der Waals surface area contributed by atoms with Crippen molar-refractivity contribution in [2.75, 3.05) is 12.9 Å². The van der Waals surface area contributed by atoms with Crippen molar-refractivity contribution in [1.82, 2.24) is 9.19 Å². The van der Waals surface area contributed by atoms with Gasteiger partial charge in [0.15, 0.2) is 0 Å². The summed E-state index contributed by atoms with van der Waals surface area (Å²) in [5.41, 5.74) is 0.867. The summed E-state index contributed by atoms with van der Waals surface area (Å²) in [6, 6.07) is 6.59. The molecule has 1 aromatic heterocycles. The molecule has 0 N–H and O–H groups in total. The van der Waals surface area contributed by atoms with Gasteiger partial charge in [0.25, 0.3) is 0 Å². The van der Waals surface area contributed by atoms with E-state index >= 15 is 0 Å². The number of carbonyl (C=O) groups excluding carboxylic acids is 1. The molecular weight excluding hydrogens is 371 g/mol. The van der Waals surface area contributed by atoms with Gasteiger partial charge in [0, 0.05) is 0 Å². The van der Waals surface area contributed by atoms with Crippen LogP contribution >= 0.6 is 11.6 Å². The Balaban J connectivity index is 2.43. The molecule has 1 heterocycles. The third kappa shape index (κ3) is 3.27. The number of esters is 1. The number of halogens is 1. The quantitative estimate of drug-likeness (QED) is 0.577. The Bertz CT molecular complexity index is 727. The predicted molar refractivity (Wildman–Crippen MR) is 73.5 cm³/mol. The van der Waals surface area contributed by atoms with E-state index in [0.717, 1.165) is 7.11 Å². The molecule has 0 spiro atoms. The number of benzene rings is 1. The van der Waals surface area contributed by atoms with E-state index in [4.69, 9.17) is 11.6 Å². The fraction of sp³-hybridized carbons (Fsp3) is 0.182. The van der Waals surface area contributed by atoms with E-state index in [1.165, 1.54) is 0 Å². The summed E-state index contributed by atoms with van der Waals surface area (Å²) in [5, 5.41) is 4.41. The van der Waals surface area contributed by atoms with Crippen LogP contribution in [0.2, 0.25) is 5.02 Å². The van der Waals surface area contributed by atoms with Crippen molar-refractivity contribution in [3.8, 4) is 11.3 Å². The number of nitrogens with zero attached hydrogens (tertiary/aromatic N) is 2. The fourth-order valence-electron chi connectivity index (χ4n) is 1.45. The van der Waals surface area contributed by atoms with Crippen molar-refractivity contribution in [1.29, 1.82) is 0 Å². The molecular formula is C11H9ClN2O4SSe. The van der Waals surface area contributed by atoms with Crippen molar-refractivity contribution in [3.05, 3.63) is 29.3 Å². The number of aromatic nitrogens is 2. The molecule has 106 valence electrons. The molecule has 0 saturated carbocycles. The Kier molecular flexibility index (Phi) is 4.59. The molecule has 2 aromatic rings. The van der Waals surface area contributed by atoms with Crippen molar-refractivity contribution < 1.29 is 17.9 Å². The SMILES string of the molecule is COC(=O)CS(=O)(=O)c1[se]nnc1-c1ccc(Cl)cc1. The summed E-state index contributed by atoms with van der Waals surface area (Å²) < 4.78 is 32.6. The van der Waals surface area contributed by atoms with Gasteiger partial charge in [-0.25, -0.2) is 0 Å². The Labute approximate surface area is 126 Å². The standard InChI is InChI=1S/C11H9ClN2O4SSe/c1-18-9(15)6-19(16,17)11-10(13-14-20-11)7-2-4-8(12)5-3-7/h2-5H,6H2,1H3. The van der Waals surface area contributed by atoms with Crippen LogP contribution in [0.3, 0.4) is 0 Å². The second-order valence-corrected chi connectivity index (χ2v) is 8.28. The molecule has 0 atom stereocenters. The fourth-order valence-corrected chi connectivity index (χ4v) is 4.89. The van der Waals surface area contributed by atoms with Gasteiger partial charge < -0.3 is 0 Å². The summed E-state index contributed by atoms with van der Waals surface area (Å²) in [6.45, 7) is 0. The molecule has 0 unspecified atom stereocenters. The maximum absolute atomic E-state index is 12.2. The third-order valence-corrected chi connectivity index (χ3v) is 7.10. The van der Waals surface area contributed by atoms with Gasteiger partial charge in [-0.1, -0.05) is 0 Å². The summed E-state index contributed by atoms with van der Waals surface area (Å²) in [5.74, 6) is -1.52. The molecule has 0 amide bonds. The van der Waals surface area contributed by atoms with Crippen LogP contribution in [0, 0.1) is 0 Å². The van der Waals surface area contributed by atoms with Crippen LogP contribution in [0.1, 0.15) is 0 Å². The maximum atomic E-state index is 12.2. The molecule has 2 rings (SSSR count). The van der Waals surface area contributed by atoms with E-state index in [-0.39, 0.29) is 9.46 Å². The summed E-state index contributed by atoms with van der Waals surface area (Å²) in [7, 11) is -2.63. The molecule has 6 nitrogen and oxygen atoms in total. The monoisotopic (exact) mass is 380 g/mol. The first-order chi connectivity index (χ1) is 9.44. The molecule has 0 aliphatic rings. The van der Waals surface area contributed by atoms with E-state index in [0.29, 0.717) is 10.6 Å². The van der Waals surface area contributed by atoms with Crippen LogP contribution in [0.25, 0.3) is 11.3 Å². The molecule has 0 bridgehead atoms. The van der Waals surface area contributed by atoms with Gasteiger partial charge in [-0.2, -0.15) is 0 Å². The normalized spacial score (nSPS) is 11.3. The average molecular weight is 380 g/mol. The number of sulfone groups is 1. The van der Waals surface area contributed by atoms with Crippen LogP contribution in [-0.4, -0.2) is 51.2 Å². The molecule has 1 aromatic carbocycles. The molecule has 9 heteroatoms. The first kappa shape index (κ1) is 15.2. The Morgan fingerprint density at radius 1 is 1.35 bits per heavy atom. The van der Waals surface area contributed by atoms with Crippen molar-refractivity contribution >= 4 is 42.1 Å². The second-order valence-electron chi connectivity index (χ2n) is 3.75. The predicted octanol–water partition coefficient (Wildman–Crippen LogP) is 0.801. The number of rotatable bonds is 4. The Morgan fingerprint density at radius 3 is 2.60 bits per heavy atom. The Hall–Kier alpha value is -1.21. The first-order valence-electron chi connectivity index (χ1n) is 5.32. The number of hydrogen-bond acceptors (Lipinski definition) is 6. The average Bonchev–Trinajstić information content (AvgIpc) is 2.89. The second kappa shape index (κ2) is 6.05. The number of methoxy groups -OCH3 is 1. The van der Waals surface area contributed by atoms with E-state index in [9.17, 15) is 13.2 Å². The van der Waals surface area contributed by atoms with E-state index < -0.39 is 36.3 Å². The van der Waals surface area contributed by atoms with Crippen LogP contribution < -0.4 is 0 Å². The summed E-state index contributed by atoms with van der Waals surface area (Å²) >= 11 is 5.12. The van der Waals surface area contributed by atoms with Crippen molar-refractivity contribution in [2.24, 2.45) is 0 Å². The van der Waals surface area contributed by atoms with Gasteiger partial charge in [-0.15, -0.1) is 0 Å². The summed E-state index contributed by atoms with van der Waals surface area (Å²) in [4.78, 5) is 11.2. The van der Waals surface area contributed by atoms with Crippen molar-refractivity contribution in [2.45, 2.75) is 3.77 Å². The zero-order chi connectivity index (χ0) is 14.8. The summed E-state index contributed by atoms with van der Waals surface area (Å²) in [6.07, 6.45) is 0. The molecule has 0 aliphatic carbocycles. The van der Waals surface area contributed by atoms with Gasteiger partial charge in [-0.05, 0) is 0 Å². The number of hydrogen-bond donors (Lipinski definition) is 0. The molecule has 20 heavy (non-hydrogen) atoms. The number of ether oxygens (including phenoxy) is 1. The van der Waals surface area contributed by atoms with Crippen LogP contribution in [0.4, 0.5) is 0 Å². The van der Waals surface area contributed by atoms with Gasteiger partial charge in [0.05, 0.1) is 0 Å². The van der Waals surface area contributed by atoms with Crippen molar-refractivity contribution in [3.63, 3.8) is 0 Å². The first-order valence-corrected chi connectivity index (χ1v) is 8.97. The molecule has 0 fully saturated rings. The molecule has 0 saturated heterocycles. The van der Waals surface area contributed by atoms with E-state index in [1.54, 1.807) is 24.3 Å². The zero-order valence-electron chi connectivity index (χ0n) is 10.2. The van der Waals surface area contributed by atoms with Crippen LogP contribution in [0.5, 0.6) is 0 Å². The molecule has 0 aliphatic heterocycles. The van der Waals surface area contributed by atoms with Gasteiger partial charge in [-0.3, -0.25) is 0 Å². The minimum atomic E-state index is -3.77. The van der Waals surface area contributed by atoms with Gasteiger partial charge in [0.2, 0.25) is 0 Å². The van der Waals surface area contributed by atoms with Gasteiger partial charge in [0.1, 0.15) is 0 Å². The molecule has 0 radical (unpaired) electrons. The number of carbonyl (C=O) groups is 1. The van der Waals surface area contributed by atoms with Crippen LogP contribution in [-0.2, 0) is 19.4 Å². The Morgan fingerprint density at radius 2 is 2.00 bits per heavy atom. The topological polar surface area (TPSA) is 86.2 Å².